The highest BCUT2D eigenvalue weighted by atomic mass is 35.5. The number of benzene rings is 2. The zero-order valence-electron chi connectivity index (χ0n) is 16.0. The van der Waals surface area contributed by atoms with Gasteiger partial charge in [0.2, 0.25) is 5.91 Å². The lowest BCUT2D eigenvalue weighted by atomic mass is 10.2. The predicted octanol–water partition coefficient (Wildman–Crippen LogP) is 3.60. The van der Waals surface area contributed by atoms with Gasteiger partial charge < -0.3 is 20.1 Å². The molecule has 0 aliphatic heterocycles. The second-order valence-electron chi connectivity index (χ2n) is 6.02. The largest absolute Gasteiger partial charge is 0.481 e. The van der Waals surface area contributed by atoms with Crippen LogP contribution in [0, 0.1) is 5.82 Å². The molecular weight excluding hydrogens is 438 g/mol. The summed E-state index contributed by atoms with van der Waals surface area (Å²) in [5, 5.41) is 0.0349. The Hall–Kier alpha value is -2.84. The molecule has 0 spiro atoms. The van der Waals surface area contributed by atoms with Gasteiger partial charge in [0.05, 0.1) is 22.2 Å². The van der Waals surface area contributed by atoms with Gasteiger partial charge in [0, 0.05) is 18.7 Å². The first-order chi connectivity index (χ1) is 14.2. The topological polar surface area (TPSA) is 98.9 Å². The van der Waals surface area contributed by atoms with Crippen LogP contribution >= 0.6 is 23.2 Å². The fraction of sp³-hybridized carbons (Fsp3) is 0.250. The zero-order chi connectivity index (χ0) is 22.3. The summed E-state index contributed by atoms with van der Waals surface area (Å²) in [7, 11) is 0. The van der Waals surface area contributed by atoms with E-state index in [0.29, 0.717) is 5.69 Å². The third-order valence-electron chi connectivity index (χ3n) is 3.87. The van der Waals surface area contributed by atoms with Crippen LogP contribution in [-0.2, 0) is 14.3 Å². The monoisotopic (exact) mass is 456 g/mol. The van der Waals surface area contributed by atoms with E-state index in [1.165, 1.54) is 41.3 Å². The van der Waals surface area contributed by atoms with Crippen molar-refractivity contribution in [1.29, 1.82) is 0 Å². The number of primary amides is 1. The van der Waals surface area contributed by atoms with Crippen molar-refractivity contribution >= 4 is 46.7 Å². The lowest BCUT2D eigenvalue weighted by Crippen LogP contribution is -2.37. The first-order valence-corrected chi connectivity index (χ1v) is 9.61. The first-order valence-electron chi connectivity index (χ1n) is 8.86. The summed E-state index contributed by atoms with van der Waals surface area (Å²) < 4.78 is 23.5. The number of anilines is 1. The van der Waals surface area contributed by atoms with E-state index in [0.717, 1.165) is 0 Å². The van der Waals surface area contributed by atoms with E-state index in [-0.39, 0.29) is 40.9 Å². The zero-order valence-corrected chi connectivity index (χ0v) is 17.5. The molecule has 0 aliphatic carbocycles. The van der Waals surface area contributed by atoms with Crippen molar-refractivity contribution < 1.29 is 28.2 Å². The molecule has 2 rings (SSSR count). The molecule has 0 saturated carbocycles. The van der Waals surface area contributed by atoms with E-state index in [9.17, 15) is 18.8 Å². The number of carbonyl (C=O) groups is 3. The number of halogens is 3. The summed E-state index contributed by atoms with van der Waals surface area (Å²) in [5.74, 6) is -2.20. The maximum absolute atomic E-state index is 13.2. The lowest BCUT2D eigenvalue weighted by molar-refractivity contribution is -0.120. The number of hydrogen-bond donors (Lipinski definition) is 1. The van der Waals surface area contributed by atoms with Gasteiger partial charge in [0.25, 0.3) is 5.91 Å². The Labute approximate surface area is 182 Å². The van der Waals surface area contributed by atoms with E-state index in [4.69, 9.17) is 38.4 Å². The number of amides is 2. The summed E-state index contributed by atoms with van der Waals surface area (Å²) in [5.41, 5.74) is 5.67. The van der Waals surface area contributed by atoms with E-state index < -0.39 is 30.2 Å². The van der Waals surface area contributed by atoms with Gasteiger partial charge >= 0.3 is 5.97 Å². The molecule has 0 atom stereocenters. The maximum atomic E-state index is 13.2. The number of carbonyl (C=O) groups excluding carboxylic acids is 3. The average Bonchev–Trinajstić information content (AvgIpc) is 2.68. The average molecular weight is 457 g/mol. The van der Waals surface area contributed by atoms with Crippen molar-refractivity contribution in [3.05, 3.63) is 57.8 Å². The molecule has 2 N–H and O–H groups in total. The number of nitrogens with zero attached hydrogens (tertiary/aromatic N) is 1. The van der Waals surface area contributed by atoms with Crippen LogP contribution in [0.4, 0.5) is 10.1 Å². The van der Waals surface area contributed by atoms with Crippen molar-refractivity contribution in [2.24, 2.45) is 5.73 Å². The smallest absolute Gasteiger partial charge is 0.338 e. The normalized spacial score (nSPS) is 10.4. The van der Waals surface area contributed by atoms with Gasteiger partial charge in [-0.1, -0.05) is 23.2 Å². The highest BCUT2D eigenvalue weighted by Gasteiger charge is 2.20. The Bertz CT molecular complexity index is 914. The van der Waals surface area contributed by atoms with Gasteiger partial charge in [0.1, 0.15) is 5.82 Å². The van der Waals surface area contributed by atoms with Crippen LogP contribution in [0.1, 0.15) is 23.7 Å². The third-order valence-corrected chi connectivity index (χ3v) is 4.43. The number of nitrogens with two attached hydrogens (primary N) is 1. The molecular formula is C20H19Cl2FN2O5. The summed E-state index contributed by atoms with van der Waals surface area (Å²) in [4.78, 5) is 36.9. The minimum atomic E-state index is -0.600. The molecule has 2 aromatic carbocycles. The lowest BCUT2D eigenvalue weighted by Gasteiger charge is -2.23. The fourth-order valence-corrected chi connectivity index (χ4v) is 3.08. The predicted molar refractivity (Wildman–Crippen MR) is 110 cm³/mol. The standard InChI is InChI=1S/C20H19Cl2FN2O5/c1-2-29-20(28)12-9-15(21)19(16(22)10-12)30-11-18(27)25(8-7-17(24)26)14-5-3-13(23)4-6-14/h3-6,9-10H,2,7-8,11H2,1H3,(H2,24,26). The van der Waals surface area contributed by atoms with Gasteiger partial charge in [-0.05, 0) is 43.3 Å². The van der Waals surface area contributed by atoms with Crippen LogP contribution in [0.2, 0.25) is 10.0 Å². The minimum absolute atomic E-state index is 0.00805. The fourth-order valence-electron chi connectivity index (χ4n) is 2.48. The van der Waals surface area contributed by atoms with Crippen LogP contribution < -0.4 is 15.4 Å². The molecule has 0 unspecified atom stereocenters. The number of rotatable bonds is 9. The quantitative estimate of drug-likeness (QED) is 0.581. The number of ether oxygens (including phenoxy) is 2. The van der Waals surface area contributed by atoms with Crippen LogP contribution in [-0.4, -0.2) is 37.5 Å². The maximum Gasteiger partial charge on any atom is 0.338 e. The van der Waals surface area contributed by atoms with Crippen LogP contribution in [0.3, 0.4) is 0 Å². The second kappa shape index (κ2) is 10.8. The summed E-state index contributed by atoms with van der Waals surface area (Å²) >= 11 is 12.3. The van der Waals surface area contributed by atoms with E-state index >= 15 is 0 Å². The molecule has 2 amide bonds. The number of hydrogen-bond acceptors (Lipinski definition) is 5. The molecule has 0 fully saturated rings. The van der Waals surface area contributed by atoms with Crippen LogP contribution in [0.5, 0.6) is 5.75 Å². The molecule has 10 heteroatoms. The Morgan fingerprint density at radius 1 is 1.10 bits per heavy atom. The van der Waals surface area contributed by atoms with Gasteiger partial charge in [-0.25, -0.2) is 9.18 Å². The third kappa shape index (κ3) is 6.33. The molecule has 0 aromatic heterocycles. The molecule has 0 aliphatic rings. The van der Waals surface area contributed by atoms with Gasteiger partial charge in [-0.3, -0.25) is 9.59 Å². The van der Waals surface area contributed by atoms with Crippen LogP contribution in [0.25, 0.3) is 0 Å². The molecule has 0 heterocycles. The van der Waals surface area contributed by atoms with Crippen molar-refractivity contribution in [2.45, 2.75) is 13.3 Å². The molecule has 7 nitrogen and oxygen atoms in total. The van der Waals surface area contributed by atoms with E-state index in [1.54, 1.807) is 6.92 Å². The molecule has 0 saturated heterocycles. The van der Waals surface area contributed by atoms with Crippen LogP contribution in [0.15, 0.2) is 36.4 Å². The van der Waals surface area contributed by atoms with Crippen molar-refractivity contribution in [2.75, 3.05) is 24.7 Å². The SMILES string of the molecule is CCOC(=O)c1cc(Cl)c(OCC(=O)N(CCC(N)=O)c2ccc(F)cc2)c(Cl)c1. The Kier molecular flexibility index (Phi) is 8.44. The first kappa shape index (κ1) is 23.4. The van der Waals surface area contributed by atoms with E-state index in [1.807, 2.05) is 0 Å². The van der Waals surface area contributed by atoms with Gasteiger partial charge in [-0.2, -0.15) is 0 Å². The highest BCUT2D eigenvalue weighted by molar-refractivity contribution is 6.37. The summed E-state index contributed by atoms with van der Waals surface area (Å²) in [6.45, 7) is 1.35. The van der Waals surface area contributed by atoms with Crippen molar-refractivity contribution in [3.8, 4) is 5.75 Å². The molecule has 0 radical (unpaired) electrons. The van der Waals surface area contributed by atoms with Crippen molar-refractivity contribution in [3.63, 3.8) is 0 Å². The minimum Gasteiger partial charge on any atom is -0.481 e. The Morgan fingerprint density at radius 3 is 2.23 bits per heavy atom. The summed E-state index contributed by atoms with van der Waals surface area (Å²) in [6, 6.07) is 7.78. The molecule has 30 heavy (non-hydrogen) atoms. The molecule has 2 aromatic rings. The highest BCUT2D eigenvalue weighted by Crippen LogP contribution is 2.34. The Morgan fingerprint density at radius 2 is 1.70 bits per heavy atom. The second-order valence-corrected chi connectivity index (χ2v) is 6.83. The molecule has 160 valence electrons. The van der Waals surface area contributed by atoms with Gasteiger partial charge in [-0.15, -0.1) is 0 Å². The Balaban J connectivity index is 2.16. The van der Waals surface area contributed by atoms with Gasteiger partial charge in [0.15, 0.2) is 12.4 Å². The summed E-state index contributed by atoms with van der Waals surface area (Å²) in [6.07, 6.45) is -0.0983. The van der Waals surface area contributed by atoms with Crippen molar-refractivity contribution in [1.82, 2.24) is 0 Å². The number of esters is 1. The molecule has 0 bridgehead atoms. The van der Waals surface area contributed by atoms with E-state index in [2.05, 4.69) is 0 Å².